The van der Waals surface area contributed by atoms with Crippen LogP contribution in [0, 0.1) is 0 Å². The van der Waals surface area contributed by atoms with Crippen LogP contribution in [0.3, 0.4) is 0 Å². The third-order valence-corrected chi connectivity index (χ3v) is 3.75. The van der Waals surface area contributed by atoms with Gasteiger partial charge in [0.2, 0.25) is 0 Å². The van der Waals surface area contributed by atoms with Crippen LogP contribution in [0.15, 0.2) is 38.1 Å². The van der Waals surface area contributed by atoms with Gasteiger partial charge >= 0.3 is 0 Å². The molecule has 0 saturated carbocycles. The zero-order valence-electron chi connectivity index (χ0n) is 7.80. The first-order valence-corrected chi connectivity index (χ1v) is 6.24. The second kappa shape index (κ2) is 4.69. The van der Waals surface area contributed by atoms with Crippen molar-refractivity contribution in [3.63, 3.8) is 0 Å². The van der Waals surface area contributed by atoms with Crippen molar-refractivity contribution in [2.75, 3.05) is 0 Å². The monoisotopic (exact) mass is 362 g/mol. The van der Waals surface area contributed by atoms with E-state index < -0.39 is 0 Å². The van der Waals surface area contributed by atoms with Crippen molar-refractivity contribution in [2.24, 2.45) is 0 Å². The van der Waals surface area contributed by atoms with E-state index in [4.69, 9.17) is 11.6 Å². The van der Waals surface area contributed by atoms with Crippen molar-refractivity contribution in [1.29, 1.82) is 0 Å². The number of hydrogen-bond donors (Lipinski definition) is 1. The molecule has 0 aliphatic rings. The van der Waals surface area contributed by atoms with E-state index in [2.05, 4.69) is 41.8 Å². The van der Waals surface area contributed by atoms with Crippen molar-refractivity contribution in [2.45, 2.75) is 0 Å². The standard InChI is InChI=1S/C10H5Br2ClN2O/c11-6-2-1-5(3-8(6)13)9-14-4-7(12)10(16)15-9/h1-4H,(H,14,15,16). The molecule has 6 heteroatoms. The average Bonchev–Trinajstić information content (AvgIpc) is 2.26. The van der Waals surface area contributed by atoms with E-state index in [1.165, 1.54) is 6.20 Å². The number of aromatic nitrogens is 2. The molecule has 0 spiro atoms. The summed E-state index contributed by atoms with van der Waals surface area (Å²) in [7, 11) is 0. The molecule has 0 fully saturated rings. The smallest absolute Gasteiger partial charge is 0.265 e. The molecule has 16 heavy (non-hydrogen) atoms. The predicted molar refractivity (Wildman–Crippen MR) is 70.7 cm³/mol. The Morgan fingerprint density at radius 3 is 2.62 bits per heavy atom. The highest BCUT2D eigenvalue weighted by molar-refractivity contribution is 9.10. The molecule has 1 aromatic carbocycles. The van der Waals surface area contributed by atoms with Gasteiger partial charge in [-0.05, 0) is 44.0 Å². The highest BCUT2D eigenvalue weighted by Gasteiger charge is 2.05. The first kappa shape index (κ1) is 11.8. The maximum absolute atomic E-state index is 11.4. The van der Waals surface area contributed by atoms with Gasteiger partial charge in [0, 0.05) is 16.2 Å². The number of H-pyrrole nitrogens is 1. The lowest BCUT2D eigenvalue weighted by atomic mass is 10.2. The number of rotatable bonds is 1. The van der Waals surface area contributed by atoms with Gasteiger partial charge in [0.15, 0.2) is 0 Å². The molecular weight excluding hydrogens is 359 g/mol. The van der Waals surface area contributed by atoms with Crippen LogP contribution in [0.5, 0.6) is 0 Å². The molecule has 0 bridgehead atoms. The summed E-state index contributed by atoms with van der Waals surface area (Å²) in [5.41, 5.74) is 0.543. The normalized spacial score (nSPS) is 10.4. The third-order valence-electron chi connectivity index (χ3n) is 1.95. The molecule has 0 amide bonds. The van der Waals surface area contributed by atoms with Crippen molar-refractivity contribution < 1.29 is 0 Å². The summed E-state index contributed by atoms with van der Waals surface area (Å²) in [6.07, 6.45) is 1.46. The summed E-state index contributed by atoms with van der Waals surface area (Å²) < 4.78 is 1.21. The number of hydrogen-bond acceptors (Lipinski definition) is 2. The number of nitrogens with zero attached hydrogens (tertiary/aromatic N) is 1. The van der Waals surface area contributed by atoms with Crippen molar-refractivity contribution in [3.05, 3.63) is 48.7 Å². The maximum Gasteiger partial charge on any atom is 0.265 e. The topological polar surface area (TPSA) is 45.8 Å². The van der Waals surface area contributed by atoms with E-state index in [0.29, 0.717) is 15.3 Å². The van der Waals surface area contributed by atoms with E-state index in [1.54, 1.807) is 12.1 Å². The molecule has 0 radical (unpaired) electrons. The molecule has 1 N–H and O–H groups in total. The second-order valence-electron chi connectivity index (χ2n) is 3.04. The number of aromatic amines is 1. The lowest BCUT2D eigenvalue weighted by molar-refractivity contribution is 1.11. The van der Waals surface area contributed by atoms with Gasteiger partial charge in [-0.3, -0.25) is 4.79 Å². The Morgan fingerprint density at radius 1 is 1.25 bits per heavy atom. The van der Waals surface area contributed by atoms with E-state index in [0.717, 1.165) is 10.0 Å². The van der Waals surface area contributed by atoms with Crippen LogP contribution in [-0.4, -0.2) is 9.97 Å². The molecule has 2 rings (SSSR count). The van der Waals surface area contributed by atoms with Crippen LogP contribution in [-0.2, 0) is 0 Å². The fourth-order valence-corrected chi connectivity index (χ4v) is 1.80. The van der Waals surface area contributed by atoms with Gasteiger partial charge in [-0.2, -0.15) is 0 Å². The largest absolute Gasteiger partial charge is 0.306 e. The Morgan fingerprint density at radius 2 is 2.00 bits per heavy atom. The number of halogens is 3. The van der Waals surface area contributed by atoms with Crippen molar-refractivity contribution in [3.8, 4) is 11.4 Å². The molecule has 1 heterocycles. The minimum Gasteiger partial charge on any atom is -0.306 e. The third kappa shape index (κ3) is 2.36. The molecule has 0 aliphatic carbocycles. The lowest BCUT2D eigenvalue weighted by Gasteiger charge is -2.02. The molecule has 0 unspecified atom stereocenters. The molecule has 0 aliphatic heterocycles. The highest BCUT2D eigenvalue weighted by atomic mass is 79.9. The Bertz CT molecular complexity index is 598. The number of benzene rings is 1. The molecule has 2 aromatic rings. The van der Waals surface area contributed by atoms with Crippen LogP contribution >= 0.6 is 43.5 Å². The first-order valence-electron chi connectivity index (χ1n) is 4.28. The van der Waals surface area contributed by atoms with Crippen LogP contribution < -0.4 is 5.56 Å². The quantitative estimate of drug-likeness (QED) is 0.840. The van der Waals surface area contributed by atoms with Gasteiger partial charge in [0.1, 0.15) is 10.3 Å². The van der Waals surface area contributed by atoms with Gasteiger partial charge in [0.05, 0.1) is 5.02 Å². The maximum atomic E-state index is 11.4. The SMILES string of the molecule is O=c1[nH]c(-c2ccc(Br)c(Cl)c2)ncc1Br. The summed E-state index contributed by atoms with van der Waals surface area (Å²) >= 11 is 12.3. The van der Waals surface area contributed by atoms with Gasteiger partial charge in [-0.1, -0.05) is 17.7 Å². The van der Waals surface area contributed by atoms with Gasteiger partial charge in [-0.15, -0.1) is 0 Å². The van der Waals surface area contributed by atoms with E-state index in [1.807, 2.05) is 6.07 Å². The molecule has 3 nitrogen and oxygen atoms in total. The summed E-state index contributed by atoms with van der Waals surface area (Å²) in [5.74, 6) is 0.489. The van der Waals surface area contributed by atoms with Crippen molar-refractivity contribution in [1.82, 2.24) is 9.97 Å². The second-order valence-corrected chi connectivity index (χ2v) is 5.15. The highest BCUT2D eigenvalue weighted by Crippen LogP contribution is 2.26. The Hall–Kier alpha value is -0.650. The van der Waals surface area contributed by atoms with Crippen LogP contribution in [0.4, 0.5) is 0 Å². The summed E-state index contributed by atoms with van der Waals surface area (Å²) in [5, 5.41) is 0.572. The Balaban J connectivity index is 2.55. The lowest BCUT2D eigenvalue weighted by Crippen LogP contribution is -2.08. The molecule has 0 saturated heterocycles. The zero-order valence-corrected chi connectivity index (χ0v) is 11.7. The fraction of sp³-hybridized carbons (Fsp3) is 0. The van der Waals surface area contributed by atoms with E-state index >= 15 is 0 Å². The van der Waals surface area contributed by atoms with Crippen LogP contribution in [0.25, 0.3) is 11.4 Å². The zero-order chi connectivity index (χ0) is 11.7. The average molecular weight is 364 g/mol. The number of nitrogens with one attached hydrogen (secondary N) is 1. The molecular formula is C10H5Br2ClN2O. The summed E-state index contributed by atoms with van der Waals surface area (Å²) in [6, 6.07) is 5.36. The summed E-state index contributed by atoms with van der Waals surface area (Å²) in [4.78, 5) is 18.1. The van der Waals surface area contributed by atoms with Gasteiger partial charge < -0.3 is 4.98 Å². The Kier molecular flexibility index (Phi) is 3.47. The molecule has 1 aromatic heterocycles. The summed E-state index contributed by atoms with van der Waals surface area (Å²) in [6.45, 7) is 0. The minimum atomic E-state index is -0.218. The van der Waals surface area contributed by atoms with E-state index in [-0.39, 0.29) is 5.56 Å². The fourth-order valence-electron chi connectivity index (χ4n) is 1.17. The van der Waals surface area contributed by atoms with Gasteiger partial charge in [-0.25, -0.2) is 4.98 Å². The first-order chi connectivity index (χ1) is 7.58. The van der Waals surface area contributed by atoms with Crippen molar-refractivity contribution >= 4 is 43.5 Å². The molecule has 0 atom stereocenters. The van der Waals surface area contributed by atoms with Gasteiger partial charge in [0.25, 0.3) is 5.56 Å². The van der Waals surface area contributed by atoms with Crippen LogP contribution in [0.1, 0.15) is 0 Å². The van der Waals surface area contributed by atoms with E-state index in [9.17, 15) is 4.79 Å². The van der Waals surface area contributed by atoms with Crippen LogP contribution in [0.2, 0.25) is 5.02 Å². The molecule has 82 valence electrons. The predicted octanol–water partition coefficient (Wildman–Crippen LogP) is 3.62. The Labute approximate surface area is 113 Å². The minimum absolute atomic E-state index is 0.218.